The summed E-state index contributed by atoms with van der Waals surface area (Å²) in [4.78, 5) is 34.4. The molecule has 8 heteroatoms. The summed E-state index contributed by atoms with van der Waals surface area (Å²) in [6.45, 7) is 0.422. The second-order valence-electron chi connectivity index (χ2n) is 6.85. The molecule has 28 heavy (non-hydrogen) atoms. The van der Waals surface area contributed by atoms with Crippen LogP contribution in [0.4, 0.5) is 11.4 Å². The third kappa shape index (κ3) is 4.64. The van der Waals surface area contributed by atoms with Gasteiger partial charge >= 0.3 is 5.97 Å². The number of nitro groups is 1. The van der Waals surface area contributed by atoms with Gasteiger partial charge in [-0.1, -0.05) is 30.3 Å². The van der Waals surface area contributed by atoms with Gasteiger partial charge in [-0.05, 0) is 37.0 Å². The number of hydrogen-bond donors (Lipinski definition) is 3. The van der Waals surface area contributed by atoms with Crippen LogP contribution in [0.15, 0.2) is 48.5 Å². The van der Waals surface area contributed by atoms with Crippen LogP contribution in [0.2, 0.25) is 0 Å². The minimum absolute atomic E-state index is 0.177. The second-order valence-corrected chi connectivity index (χ2v) is 6.85. The van der Waals surface area contributed by atoms with E-state index in [1.807, 2.05) is 30.3 Å². The highest BCUT2D eigenvalue weighted by Crippen LogP contribution is 2.28. The summed E-state index contributed by atoms with van der Waals surface area (Å²) < 4.78 is 0. The van der Waals surface area contributed by atoms with Gasteiger partial charge in [-0.3, -0.25) is 19.7 Å². The zero-order chi connectivity index (χ0) is 20.1. The molecule has 1 amide bonds. The molecule has 0 aliphatic heterocycles. The van der Waals surface area contributed by atoms with Gasteiger partial charge in [-0.25, -0.2) is 0 Å². The van der Waals surface area contributed by atoms with Crippen molar-refractivity contribution in [1.82, 2.24) is 5.32 Å². The van der Waals surface area contributed by atoms with E-state index in [9.17, 15) is 19.7 Å². The third-order valence-electron chi connectivity index (χ3n) is 4.90. The van der Waals surface area contributed by atoms with E-state index < -0.39 is 22.7 Å². The summed E-state index contributed by atoms with van der Waals surface area (Å²) >= 11 is 0. The standard InChI is InChI=1S/C20H21N3O5/c24-19(22-16-8-6-15(10-16)20(25)26)14-7-9-17(18(11-14)23(27)28)21-12-13-4-2-1-3-5-13/h1-5,7,9,11,15-16,21H,6,8,10,12H2,(H,22,24)(H,25,26)/t15-,16+/m1/s1. The van der Waals surface area contributed by atoms with E-state index in [1.165, 1.54) is 18.2 Å². The molecule has 2 aromatic carbocycles. The minimum Gasteiger partial charge on any atom is -0.481 e. The van der Waals surface area contributed by atoms with E-state index in [2.05, 4.69) is 10.6 Å². The van der Waals surface area contributed by atoms with Crippen LogP contribution in [0.1, 0.15) is 35.2 Å². The molecule has 1 fully saturated rings. The normalized spacial score (nSPS) is 18.4. The van der Waals surface area contributed by atoms with Gasteiger partial charge in [-0.15, -0.1) is 0 Å². The van der Waals surface area contributed by atoms with E-state index in [0.29, 0.717) is 31.5 Å². The number of rotatable bonds is 7. The van der Waals surface area contributed by atoms with Crippen molar-refractivity contribution in [3.05, 3.63) is 69.8 Å². The molecule has 0 aromatic heterocycles. The first-order valence-corrected chi connectivity index (χ1v) is 9.04. The molecule has 2 atom stereocenters. The van der Waals surface area contributed by atoms with Gasteiger partial charge in [0.2, 0.25) is 0 Å². The van der Waals surface area contributed by atoms with Crippen LogP contribution in [-0.2, 0) is 11.3 Å². The van der Waals surface area contributed by atoms with Crippen LogP contribution < -0.4 is 10.6 Å². The largest absolute Gasteiger partial charge is 0.481 e. The number of nitro benzene ring substituents is 1. The third-order valence-corrected chi connectivity index (χ3v) is 4.90. The lowest BCUT2D eigenvalue weighted by atomic mass is 10.1. The summed E-state index contributed by atoms with van der Waals surface area (Å²) in [5.74, 6) is -1.75. The molecule has 0 heterocycles. The van der Waals surface area contributed by atoms with Crippen LogP contribution in [0.25, 0.3) is 0 Å². The Balaban J connectivity index is 1.69. The van der Waals surface area contributed by atoms with Crippen molar-refractivity contribution < 1.29 is 19.6 Å². The van der Waals surface area contributed by atoms with Gasteiger partial charge in [0.05, 0.1) is 10.8 Å². The van der Waals surface area contributed by atoms with Crippen LogP contribution in [-0.4, -0.2) is 27.9 Å². The number of aliphatic carboxylic acids is 1. The number of hydrogen-bond acceptors (Lipinski definition) is 5. The summed E-state index contributed by atoms with van der Waals surface area (Å²) in [5, 5.41) is 26.3. The molecule has 1 aliphatic rings. The summed E-state index contributed by atoms with van der Waals surface area (Å²) in [6.07, 6.45) is 1.48. The number of benzene rings is 2. The molecule has 0 bridgehead atoms. The fraction of sp³-hybridized carbons (Fsp3) is 0.300. The molecular formula is C20H21N3O5. The maximum Gasteiger partial charge on any atom is 0.306 e. The second kappa shape index (κ2) is 8.51. The van der Waals surface area contributed by atoms with Crippen molar-refractivity contribution >= 4 is 23.3 Å². The highest BCUT2D eigenvalue weighted by atomic mass is 16.6. The number of carboxylic acids is 1. The molecule has 0 radical (unpaired) electrons. The van der Waals surface area contributed by atoms with E-state index in [0.717, 1.165) is 5.56 Å². The van der Waals surface area contributed by atoms with Crippen LogP contribution >= 0.6 is 0 Å². The lowest BCUT2D eigenvalue weighted by Gasteiger charge is -2.13. The number of amides is 1. The van der Waals surface area contributed by atoms with Crippen molar-refractivity contribution in [2.24, 2.45) is 5.92 Å². The highest BCUT2D eigenvalue weighted by molar-refractivity contribution is 5.96. The molecule has 8 nitrogen and oxygen atoms in total. The smallest absolute Gasteiger partial charge is 0.306 e. The quantitative estimate of drug-likeness (QED) is 0.499. The maximum atomic E-state index is 12.4. The fourth-order valence-electron chi connectivity index (χ4n) is 3.37. The highest BCUT2D eigenvalue weighted by Gasteiger charge is 2.31. The monoisotopic (exact) mass is 383 g/mol. The molecule has 1 aliphatic carbocycles. The number of carbonyl (C=O) groups excluding carboxylic acids is 1. The van der Waals surface area contributed by atoms with E-state index in [-0.39, 0.29) is 17.3 Å². The Morgan fingerprint density at radius 3 is 2.54 bits per heavy atom. The first-order valence-electron chi connectivity index (χ1n) is 9.04. The maximum absolute atomic E-state index is 12.4. The van der Waals surface area contributed by atoms with Crippen molar-refractivity contribution in [3.63, 3.8) is 0 Å². The Hall–Kier alpha value is -3.42. The zero-order valence-corrected chi connectivity index (χ0v) is 15.1. The van der Waals surface area contributed by atoms with Crippen LogP contribution in [0.5, 0.6) is 0 Å². The molecule has 1 saturated carbocycles. The predicted molar refractivity (Wildman–Crippen MR) is 103 cm³/mol. The SMILES string of the molecule is O=C(N[C@H]1CC[C@@H](C(=O)O)C1)c1ccc(NCc2ccccc2)c([N+](=O)[O-])c1. The zero-order valence-electron chi connectivity index (χ0n) is 15.1. The number of nitrogens with zero attached hydrogens (tertiary/aromatic N) is 1. The summed E-state index contributed by atoms with van der Waals surface area (Å²) in [7, 11) is 0. The number of anilines is 1. The lowest BCUT2D eigenvalue weighted by molar-refractivity contribution is -0.384. The van der Waals surface area contributed by atoms with E-state index in [1.54, 1.807) is 0 Å². The van der Waals surface area contributed by atoms with Gasteiger partial charge in [-0.2, -0.15) is 0 Å². The minimum atomic E-state index is -0.860. The Morgan fingerprint density at radius 1 is 1.14 bits per heavy atom. The van der Waals surface area contributed by atoms with Crippen molar-refractivity contribution in [2.75, 3.05) is 5.32 Å². The Labute approximate surface area is 161 Å². The van der Waals surface area contributed by atoms with Gasteiger partial charge in [0.25, 0.3) is 11.6 Å². The molecule has 3 rings (SSSR count). The van der Waals surface area contributed by atoms with Crippen LogP contribution in [0, 0.1) is 16.0 Å². The summed E-state index contributed by atoms with van der Waals surface area (Å²) in [6, 6.07) is 13.5. The van der Waals surface area contributed by atoms with Gasteiger partial charge in [0.1, 0.15) is 5.69 Å². The first-order chi connectivity index (χ1) is 13.4. The van der Waals surface area contributed by atoms with Crippen molar-refractivity contribution in [1.29, 1.82) is 0 Å². The summed E-state index contributed by atoms with van der Waals surface area (Å²) in [5.41, 5.74) is 1.30. The molecule has 3 N–H and O–H groups in total. The molecule has 0 saturated heterocycles. The average Bonchev–Trinajstić information content (AvgIpc) is 3.15. The number of carboxylic acid groups (broad SMARTS) is 1. The molecule has 0 spiro atoms. The Morgan fingerprint density at radius 2 is 1.89 bits per heavy atom. The molecular weight excluding hydrogens is 362 g/mol. The Bertz CT molecular complexity index is 885. The van der Waals surface area contributed by atoms with Gasteiger partial charge < -0.3 is 15.7 Å². The molecule has 2 aromatic rings. The number of carbonyl (C=O) groups is 2. The predicted octanol–water partition coefficient (Wildman–Crippen LogP) is 3.19. The molecule has 146 valence electrons. The van der Waals surface area contributed by atoms with E-state index in [4.69, 9.17) is 5.11 Å². The van der Waals surface area contributed by atoms with E-state index >= 15 is 0 Å². The lowest BCUT2D eigenvalue weighted by Crippen LogP contribution is -2.33. The van der Waals surface area contributed by atoms with Gasteiger partial charge in [0.15, 0.2) is 0 Å². The average molecular weight is 383 g/mol. The first kappa shape index (κ1) is 19.3. The number of nitrogens with one attached hydrogen (secondary N) is 2. The Kier molecular flexibility index (Phi) is 5.88. The topological polar surface area (TPSA) is 122 Å². The van der Waals surface area contributed by atoms with Crippen LogP contribution in [0.3, 0.4) is 0 Å². The van der Waals surface area contributed by atoms with Crippen molar-refractivity contribution in [2.45, 2.75) is 31.8 Å². The van der Waals surface area contributed by atoms with Crippen molar-refractivity contribution in [3.8, 4) is 0 Å². The molecule has 0 unspecified atom stereocenters. The fourth-order valence-corrected chi connectivity index (χ4v) is 3.37. The van der Waals surface area contributed by atoms with Gasteiger partial charge in [0, 0.05) is 24.2 Å².